The number of hydrogen-bond acceptors (Lipinski definition) is 5. The zero-order valence-corrected chi connectivity index (χ0v) is 16.0. The minimum atomic E-state index is -0.706. The highest BCUT2D eigenvalue weighted by atomic mass is 16.6. The van der Waals surface area contributed by atoms with Gasteiger partial charge in [-0.2, -0.15) is 0 Å². The molecule has 2 aliphatic heterocycles. The Morgan fingerprint density at radius 2 is 2.15 bits per heavy atom. The number of hydrogen-bond donors (Lipinski definition) is 0. The average molecular weight is 367 g/mol. The number of rotatable bonds is 3. The van der Waals surface area contributed by atoms with Gasteiger partial charge >= 0.3 is 0 Å². The number of likely N-dealkylation sites (tertiary alicyclic amines) is 1. The summed E-state index contributed by atoms with van der Waals surface area (Å²) in [5, 5.41) is 0. The van der Waals surface area contributed by atoms with Crippen LogP contribution in [0.1, 0.15) is 24.0 Å². The van der Waals surface area contributed by atoms with E-state index in [2.05, 4.69) is 30.2 Å². The summed E-state index contributed by atoms with van der Waals surface area (Å²) in [6.45, 7) is 1.03. The molecule has 0 radical (unpaired) electrons. The molecule has 1 saturated carbocycles. The molecule has 0 unspecified atom stereocenters. The van der Waals surface area contributed by atoms with E-state index in [1.54, 1.807) is 14.2 Å². The predicted octanol–water partition coefficient (Wildman–Crippen LogP) is 2.11. The lowest BCUT2D eigenvalue weighted by molar-refractivity contribution is -0.209. The number of nitrogens with zero attached hydrogens (tertiary/aromatic N) is 1. The molecule has 6 atom stereocenters. The molecule has 1 aromatic carbocycles. The lowest BCUT2D eigenvalue weighted by Crippen LogP contribution is -2.79. The number of carbonyl (C=O) groups excluding carboxylic acids is 1. The monoisotopic (exact) mass is 367 g/mol. The van der Waals surface area contributed by atoms with E-state index in [0.717, 1.165) is 43.6 Å². The molecule has 1 saturated heterocycles. The second-order valence-electron chi connectivity index (χ2n) is 8.93. The highest BCUT2D eigenvalue weighted by molar-refractivity contribution is 5.69. The summed E-state index contributed by atoms with van der Waals surface area (Å²) >= 11 is 0. The van der Waals surface area contributed by atoms with Gasteiger partial charge in [0.1, 0.15) is 18.0 Å². The number of carbonyl (C=O) groups is 1. The minimum absolute atomic E-state index is 0.0961. The molecule has 27 heavy (non-hydrogen) atoms. The van der Waals surface area contributed by atoms with Gasteiger partial charge in [0.25, 0.3) is 0 Å². The van der Waals surface area contributed by atoms with Crippen molar-refractivity contribution >= 4 is 6.29 Å². The van der Waals surface area contributed by atoms with E-state index >= 15 is 0 Å². The Kier molecular flexibility index (Phi) is 2.84. The lowest BCUT2D eigenvalue weighted by Gasteiger charge is -2.70. The molecule has 1 aromatic rings. The fraction of sp³-hybridized carbons (Fsp3) is 0.591. The fourth-order valence-electron chi connectivity index (χ4n) is 7.41. The van der Waals surface area contributed by atoms with E-state index in [4.69, 9.17) is 14.2 Å². The van der Waals surface area contributed by atoms with Crippen LogP contribution in [0.5, 0.6) is 11.5 Å². The molecule has 2 fully saturated rings. The van der Waals surface area contributed by atoms with Crippen LogP contribution in [0.2, 0.25) is 0 Å². The Balaban J connectivity index is 1.73. The topological polar surface area (TPSA) is 48.0 Å². The third-order valence-electron chi connectivity index (χ3n) is 8.49. The first-order valence-electron chi connectivity index (χ1n) is 9.86. The number of benzene rings is 1. The molecule has 6 aliphatic rings. The quantitative estimate of drug-likeness (QED) is 0.605. The van der Waals surface area contributed by atoms with Crippen LogP contribution in [0.3, 0.4) is 0 Å². The van der Waals surface area contributed by atoms with E-state index < -0.39 is 5.60 Å². The number of likely N-dealkylation sites (N-methyl/N-ethyl adjacent to an activating group) is 1. The Labute approximate surface area is 159 Å². The normalized spacial score (nSPS) is 45.4. The summed E-state index contributed by atoms with van der Waals surface area (Å²) in [7, 11) is 5.64. The molecule has 4 bridgehead atoms. The fourth-order valence-corrected chi connectivity index (χ4v) is 7.41. The van der Waals surface area contributed by atoms with Gasteiger partial charge in [0.15, 0.2) is 11.5 Å². The van der Waals surface area contributed by atoms with Crippen LogP contribution >= 0.6 is 0 Å². The number of fused-ring (bicyclic) bond motifs is 1. The first-order chi connectivity index (χ1) is 13.1. The molecule has 5 nitrogen and oxygen atoms in total. The summed E-state index contributed by atoms with van der Waals surface area (Å²) in [6.07, 6.45) is 8.25. The van der Waals surface area contributed by atoms with Crippen LogP contribution in [0.15, 0.2) is 24.3 Å². The summed E-state index contributed by atoms with van der Waals surface area (Å²) in [6, 6.07) is 4.62. The largest absolute Gasteiger partial charge is 0.493 e. The molecular weight excluding hydrogens is 342 g/mol. The van der Waals surface area contributed by atoms with Crippen molar-refractivity contribution in [2.24, 2.45) is 11.3 Å². The number of piperidine rings is 1. The van der Waals surface area contributed by atoms with Gasteiger partial charge in [-0.25, -0.2) is 0 Å². The van der Waals surface area contributed by atoms with Crippen LogP contribution in [-0.4, -0.2) is 56.7 Å². The first-order valence-corrected chi connectivity index (χ1v) is 9.86. The molecule has 2 heterocycles. The minimum Gasteiger partial charge on any atom is -0.493 e. The summed E-state index contributed by atoms with van der Waals surface area (Å²) in [4.78, 5) is 14.7. The van der Waals surface area contributed by atoms with E-state index in [1.165, 1.54) is 11.1 Å². The molecule has 4 aliphatic carbocycles. The molecular formula is C22H25NO4. The SMILES string of the molecule is COc1ccc2c3c1O[C@H]1[C@@]4(OC)C=C[C@@]5(C[C@@H]4C=O)[C@@H](C2)N(C)CC[C@]315. The van der Waals surface area contributed by atoms with Crippen molar-refractivity contribution in [2.45, 2.75) is 42.4 Å². The molecule has 142 valence electrons. The van der Waals surface area contributed by atoms with Gasteiger partial charge in [-0.1, -0.05) is 18.2 Å². The summed E-state index contributed by atoms with van der Waals surface area (Å²) in [5.74, 6) is 1.48. The van der Waals surface area contributed by atoms with Crippen molar-refractivity contribution in [3.05, 3.63) is 35.4 Å². The summed E-state index contributed by atoms with van der Waals surface area (Å²) < 4.78 is 18.5. The molecule has 0 amide bonds. The van der Waals surface area contributed by atoms with Crippen molar-refractivity contribution in [1.82, 2.24) is 4.90 Å². The van der Waals surface area contributed by atoms with Crippen LogP contribution in [0.4, 0.5) is 0 Å². The predicted molar refractivity (Wildman–Crippen MR) is 99.3 cm³/mol. The molecule has 0 N–H and O–H groups in total. The zero-order valence-electron chi connectivity index (χ0n) is 16.0. The second-order valence-corrected chi connectivity index (χ2v) is 8.93. The third kappa shape index (κ3) is 1.43. The van der Waals surface area contributed by atoms with E-state index in [-0.39, 0.29) is 22.9 Å². The molecule has 7 rings (SSSR count). The highest BCUT2D eigenvalue weighted by Gasteiger charge is 2.79. The van der Waals surface area contributed by atoms with Gasteiger partial charge in [-0.15, -0.1) is 0 Å². The smallest absolute Gasteiger partial charge is 0.166 e. The Morgan fingerprint density at radius 3 is 2.89 bits per heavy atom. The zero-order chi connectivity index (χ0) is 18.6. The Bertz CT molecular complexity index is 897. The van der Waals surface area contributed by atoms with Crippen molar-refractivity contribution in [3.8, 4) is 11.5 Å². The molecule has 0 aromatic heterocycles. The second kappa shape index (κ2) is 4.76. The van der Waals surface area contributed by atoms with Gasteiger partial charge in [0.05, 0.1) is 18.4 Å². The average Bonchev–Trinajstić information content (AvgIpc) is 3.07. The first kappa shape index (κ1) is 16.1. The van der Waals surface area contributed by atoms with E-state index in [1.807, 2.05) is 6.07 Å². The van der Waals surface area contributed by atoms with Gasteiger partial charge < -0.3 is 23.9 Å². The van der Waals surface area contributed by atoms with Crippen LogP contribution in [-0.2, 0) is 21.4 Å². The van der Waals surface area contributed by atoms with Crippen LogP contribution < -0.4 is 9.47 Å². The number of ether oxygens (including phenoxy) is 3. The maximum absolute atomic E-state index is 12.2. The van der Waals surface area contributed by atoms with E-state index in [9.17, 15) is 4.79 Å². The maximum Gasteiger partial charge on any atom is 0.166 e. The Hall–Kier alpha value is -1.85. The van der Waals surface area contributed by atoms with Crippen molar-refractivity contribution in [2.75, 3.05) is 27.8 Å². The van der Waals surface area contributed by atoms with Crippen molar-refractivity contribution < 1.29 is 19.0 Å². The van der Waals surface area contributed by atoms with Crippen molar-refractivity contribution in [3.63, 3.8) is 0 Å². The van der Waals surface area contributed by atoms with Gasteiger partial charge in [-0.3, -0.25) is 0 Å². The van der Waals surface area contributed by atoms with Gasteiger partial charge in [0.2, 0.25) is 0 Å². The molecule has 2 spiro atoms. The third-order valence-corrected chi connectivity index (χ3v) is 8.49. The van der Waals surface area contributed by atoms with Gasteiger partial charge in [0, 0.05) is 24.1 Å². The molecule has 5 heteroatoms. The van der Waals surface area contributed by atoms with E-state index in [0.29, 0.717) is 6.04 Å². The van der Waals surface area contributed by atoms with Crippen LogP contribution in [0, 0.1) is 11.3 Å². The van der Waals surface area contributed by atoms with Crippen LogP contribution in [0.25, 0.3) is 0 Å². The number of methoxy groups -OCH3 is 2. The lowest BCUT2D eigenvalue weighted by atomic mass is 9.37. The maximum atomic E-state index is 12.2. The number of aldehydes is 1. The summed E-state index contributed by atoms with van der Waals surface area (Å²) in [5.41, 5.74) is 1.74. The van der Waals surface area contributed by atoms with Gasteiger partial charge in [-0.05, 0) is 44.5 Å². The highest BCUT2D eigenvalue weighted by Crippen LogP contribution is 2.74. The standard InChI is InChI=1S/C22H25NO4/c1-23-9-8-21-17-13-4-5-15(25-2)18(17)27-19(21)22(26-3)7-6-20(21,16(23)10-13)11-14(22)12-24/h4-7,12,14,16,19H,8-11H2,1-3H3/t14-,16-,19-,20-,21+,22-/m1/s1. The van der Waals surface area contributed by atoms with Crippen molar-refractivity contribution in [1.29, 1.82) is 0 Å². The Morgan fingerprint density at radius 1 is 1.30 bits per heavy atom.